The van der Waals surface area contributed by atoms with Crippen molar-refractivity contribution in [1.82, 2.24) is 24.8 Å². The molecule has 0 aromatic carbocycles. The summed E-state index contributed by atoms with van der Waals surface area (Å²) in [5.74, 6) is 1.08. The minimum absolute atomic E-state index is 0.967. The lowest BCUT2D eigenvalue weighted by atomic mass is 10.1. The van der Waals surface area contributed by atoms with Crippen LogP contribution in [0.15, 0.2) is 18.3 Å². The van der Waals surface area contributed by atoms with Crippen LogP contribution in [0, 0.1) is 0 Å². The van der Waals surface area contributed by atoms with Gasteiger partial charge in [0.05, 0.1) is 0 Å². The van der Waals surface area contributed by atoms with Gasteiger partial charge in [0.2, 0.25) is 0 Å². The highest BCUT2D eigenvalue weighted by Crippen LogP contribution is 2.18. The molecule has 2 aromatic heterocycles. The zero-order chi connectivity index (χ0) is 15.5. The summed E-state index contributed by atoms with van der Waals surface area (Å²) >= 11 is 0. The van der Waals surface area contributed by atoms with Crippen molar-refractivity contribution < 1.29 is 0 Å². The number of fused-ring (bicyclic) bond motifs is 1. The number of piperazine rings is 1. The summed E-state index contributed by atoms with van der Waals surface area (Å²) in [6.07, 6.45) is 7.19. The molecule has 23 heavy (non-hydrogen) atoms. The molecule has 2 aromatic rings. The molecule has 0 amide bonds. The maximum absolute atomic E-state index is 4.42. The Morgan fingerprint density at radius 3 is 2.65 bits per heavy atom. The van der Waals surface area contributed by atoms with Gasteiger partial charge in [0.1, 0.15) is 5.82 Å². The summed E-state index contributed by atoms with van der Waals surface area (Å²) in [7, 11) is 0. The fourth-order valence-corrected chi connectivity index (χ4v) is 3.66. The van der Waals surface area contributed by atoms with E-state index in [2.05, 4.69) is 48.0 Å². The molecule has 0 radical (unpaired) electrons. The van der Waals surface area contributed by atoms with Crippen molar-refractivity contribution in [3.8, 4) is 0 Å². The highest BCUT2D eigenvalue weighted by molar-refractivity contribution is 5.56. The van der Waals surface area contributed by atoms with Crippen LogP contribution in [-0.4, -0.2) is 65.3 Å². The zero-order valence-electron chi connectivity index (χ0n) is 13.7. The number of aromatic nitrogens is 3. The predicted octanol–water partition coefficient (Wildman–Crippen LogP) is 1.17. The lowest BCUT2D eigenvalue weighted by Gasteiger charge is -2.29. The van der Waals surface area contributed by atoms with Crippen LogP contribution in [0.25, 0.3) is 5.65 Å². The first kappa shape index (κ1) is 14.9. The molecular weight excluding hydrogens is 288 g/mol. The van der Waals surface area contributed by atoms with Crippen LogP contribution in [-0.2, 0) is 6.42 Å². The number of pyridine rings is 1. The molecule has 0 bridgehead atoms. The predicted molar refractivity (Wildman–Crippen MR) is 92.1 cm³/mol. The molecule has 4 heterocycles. The number of piperidine rings is 1. The number of likely N-dealkylation sites (tertiary alicyclic amines) is 1. The third-order valence-electron chi connectivity index (χ3n) is 5.05. The number of rotatable bonds is 4. The SMILES string of the molecule is c1cn2c(CCN3CCCCC3)nnc2cc1N1CCNCC1. The van der Waals surface area contributed by atoms with E-state index in [4.69, 9.17) is 0 Å². The lowest BCUT2D eigenvalue weighted by molar-refractivity contribution is 0.230. The Morgan fingerprint density at radius 1 is 1.00 bits per heavy atom. The minimum Gasteiger partial charge on any atom is -0.369 e. The van der Waals surface area contributed by atoms with Gasteiger partial charge in [0, 0.05) is 57.1 Å². The smallest absolute Gasteiger partial charge is 0.162 e. The normalized spacial score (nSPS) is 20.3. The summed E-state index contributed by atoms with van der Waals surface area (Å²) < 4.78 is 2.15. The van der Waals surface area contributed by atoms with Gasteiger partial charge in [0.25, 0.3) is 0 Å². The molecule has 2 saturated heterocycles. The number of nitrogens with zero attached hydrogens (tertiary/aromatic N) is 5. The van der Waals surface area contributed by atoms with E-state index in [-0.39, 0.29) is 0 Å². The summed E-state index contributed by atoms with van der Waals surface area (Å²) in [4.78, 5) is 4.97. The highest BCUT2D eigenvalue weighted by Gasteiger charge is 2.14. The Labute approximate surface area is 137 Å². The van der Waals surface area contributed by atoms with Crippen molar-refractivity contribution >= 4 is 11.3 Å². The van der Waals surface area contributed by atoms with Crippen LogP contribution >= 0.6 is 0 Å². The zero-order valence-corrected chi connectivity index (χ0v) is 13.7. The second kappa shape index (κ2) is 6.84. The molecule has 2 fully saturated rings. The Kier molecular flexibility index (Phi) is 4.43. The molecule has 0 unspecified atom stereocenters. The fourth-order valence-electron chi connectivity index (χ4n) is 3.66. The van der Waals surface area contributed by atoms with Gasteiger partial charge in [-0.05, 0) is 32.0 Å². The molecule has 0 aliphatic carbocycles. The number of nitrogens with one attached hydrogen (secondary N) is 1. The molecule has 0 atom stereocenters. The Morgan fingerprint density at radius 2 is 1.83 bits per heavy atom. The monoisotopic (exact) mass is 314 g/mol. The molecule has 0 saturated carbocycles. The van der Waals surface area contributed by atoms with E-state index in [1.807, 2.05) is 0 Å². The standard InChI is InChI=1S/C17H26N6/c1-2-8-21(9-3-1)10-5-16-19-20-17-14-15(4-11-23(16)17)22-12-6-18-7-13-22/h4,11,14,18H,1-3,5-10,12-13H2. The molecular formula is C17H26N6. The maximum Gasteiger partial charge on any atom is 0.162 e. The van der Waals surface area contributed by atoms with Gasteiger partial charge in [-0.15, -0.1) is 10.2 Å². The third-order valence-corrected chi connectivity index (χ3v) is 5.05. The van der Waals surface area contributed by atoms with Gasteiger partial charge in [0.15, 0.2) is 5.65 Å². The summed E-state index contributed by atoms with van der Waals surface area (Å²) in [5.41, 5.74) is 2.23. The van der Waals surface area contributed by atoms with E-state index in [0.29, 0.717) is 0 Å². The first-order valence-electron chi connectivity index (χ1n) is 8.92. The summed E-state index contributed by atoms with van der Waals surface area (Å²) in [5, 5.41) is 12.2. The van der Waals surface area contributed by atoms with Gasteiger partial charge < -0.3 is 15.1 Å². The van der Waals surface area contributed by atoms with Crippen molar-refractivity contribution in [2.24, 2.45) is 0 Å². The second-order valence-electron chi connectivity index (χ2n) is 6.62. The highest BCUT2D eigenvalue weighted by atomic mass is 15.3. The Balaban J connectivity index is 1.46. The van der Waals surface area contributed by atoms with Gasteiger partial charge in [-0.25, -0.2) is 0 Å². The largest absolute Gasteiger partial charge is 0.369 e. The fraction of sp³-hybridized carbons (Fsp3) is 0.647. The van der Waals surface area contributed by atoms with Crippen LogP contribution in [0.5, 0.6) is 0 Å². The molecule has 1 N–H and O–H groups in total. The number of anilines is 1. The maximum atomic E-state index is 4.42. The van der Waals surface area contributed by atoms with E-state index in [0.717, 1.165) is 50.6 Å². The van der Waals surface area contributed by atoms with E-state index in [1.54, 1.807) is 0 Å². The Hall–Kier alpha value is -1.66. The van der Waals surface area contributed by atoms with Crippen molar-refractivity contribution in [2.45, 2.75) is 25.7 Å². The summed E-state index contributed by atoms with van der Waals surface area (Å²) in [6, 6.07) is 4.37. The van der Waals surface area contributed by atoms with E-state index < -0.39 is 0 Å². The lowest BCUT2D eigenvalue weighted by Crippen LogP contribution is -2.43. The molecule has 2 aliphatic heterocycles. The minimum atomic E-state index is 0.967. The van der Waals surface area contributed by atoms with Crippen molar-refractivity contribution in [2.75, 3.05) is 50.7 Å². The second-order valence-corrected chi connectivity index (χ2v) is 6.62. The van der Waals surface area contributed by atoms with Crippen molar-refractivity contribution in [3.05, 3.63) is 24.2 Å². The van der Waals surface area contributed by atoms with Gasteiger partial charge >= 0.3 is 0 Å². The average Bonchev–Trinajstić information content (AvgIpc) is 3.04. The topological polar surface area (TPSA) is 48.7 Å². The molecule has 6 heteroatoms. The number of hydrogen-bond acceptors (Lipinski definition) is 5. The van der Waals surface area contributed by atoms with E-state index >= 15 is 0 Å². The van der Waals surface area contributed by atoms with Crippen LogP contribution in [0.1, 0.15) is 25.1 Å². The van der Waals surface area contributed by atoms with Crippen LogP contribution in [0.2, 0.25) is 0 Å². The van der Waals surface area contributed by atoms with Crippen LogP contribution in [0.4, 0.5) is 5.69 Å². The number of hydrogen-bond donors (Lipinski definition) is 1. The van der Waals surface area contributed by atoms with E-state index in [9.17, 15) is 0 Å². The molecule has 6 nitrogen and oxygen atoms in total. The molecule has 124 valence electrons. The quantitative estimate of drug-likeness (QED) is 0.918. The first-order valence-corrected chi connectivity index (χ1v) is 8.92. The molecule has 0 spiro atoms. The van der Waals surface area contributed by atoms with Crippen LogP contribution in [0.3, 0.4) is 0 Å². The molecule has 2 aliphatic rings. The first-order chi connectivity index (χ1) is 11.4. The van der Waals surface area contributed by atoms with Crippen LogP contribution < -0.4 is 10.2 Å². The van der Waals surface area contributed by atoms with Gasteiger partial charge in [-0.3, -0.25) is 4.40 Å². The van der Waals surface area contributed by atoms with E-state index in [1.165, 1.54) is 38.0 Å². The van der Waals surface area contributed by atoms with Crippen molar-refractivity contribution in [3.63, 3.8) is 0 Å². The van der Waals surface area contributed by atoms with Gasteiger partial charge in [-0.2, -0.15) is 0 Å². The molecule has 4 rings (SSSR count). The average molecular weight is 314 g/mol. The van der Waals surface area contributed by atoms with Gasteiger partial charge in [-0.1, -0.05) is 6.42 Å². The summed E-state index contributed by atoms with van der Waals surface area (Å²) in [6.45, 7) is 7.81. The van der Waals surface area contributed by atoms with Crippen molar-refractivity contribution in [1.29, 1.82) is 0 Å². The Bertz CT molecular complexity index is 640. The third kappa shape index (κ3) is 3.33.